The molecule has 0 spiro atoms. The summed E-state index contributed by atoms with van der Waals surface area (Å²) in [5.74, 6) is -0.536. The highest BCUT2D eigenvalue weighted by atomic mass is 16.4. The lowest BCUT2D eigenvalue weighted by molar-refractivity contribution is -0.132. The number of para-hydroxylation sites is 2. The normalized spacial score (nSPS) is 13.5. The van der Waals surface area contributed by atoms with Crippen LogP contribution in [0.5, 0.6) is 0 Å². The van der Waals surface area contributed by atoms with Gasteiger partial charge in [-0.25, -0.2) is 14.8 Å². The van der Waals surface area contributed by atoms with Gasteiger partial charge in [-0.05, 0) is 12.1 Å². The minimum atomic E-state index is -0.541. The number of nitrogens with two attached hydrogens (primary N) is 1. The molecule has 0 unspecified atom stereocenters. The van der Waals surface area contributed by atoms with E-state index in [0.29, 0.717) is 24.2 Å². The number of hydrogen-bond acceptors (Lipinski definition) is 6. The molecule has 23 heavy (non-hydrogen) atoms. The van der Waals surface area contributed by atoms with Gasteiger partial charge < -0.3 is 15.1 Å². The number of oxazole rings is 1. The molecular formula is C15H13N5O3. The zero-order valence-electron chi connectivity index (χ0n) is 12.1. The Bertz CT molecular complexity index is 975. The number of anilines is 1. The van der Waals surface area contributed by atoms with Crippen molar-refractivity contribution in [2.45, 2.75) is 19.6 Å². The molecule has 1 amide bonds. The quantitative estimate of drug-likeness (QED) is 0.739. The molecule has 8 nitrogen and oxygen atoms in total. The number of amides is 1. The third kappa shape index (κ3) is 2.24. The number of hydrogen-bond donors (Lipinski definition) is 1. The van der Waals surface area contributed by atoms with Crippen LogP contribution in [0.25, 0.3) is 11.1 Å². The van der Waals surface area contributed by atoms with Crippen LogP contribution in [0.15, 0.2) is 39.7 Å². The first-order chi connectivity index (χ1) is 11.1. The van der Waals surface area contributed by atoms with E-state index in [2.05, 4.69) is 9.97 Å². The van der Waals surface area contributed by atoms with Crippen LogP contribution in [0.3, 0.4) is 0 Å². The Labute approximate surface area is 130 Å². The number of nitrogens with zero attached hydrogens (tertiary/aromatic N) is 4. The summed E-state index contributed by atoms with van der Waals surface area (Å²) < 4.78 is 6.47. The van der Waals surface area contributed by atoms with Crippen molar-refractivity contribution in [3.63, 3.8) is 0 Å². The van der Waals surface area contributed by atoms with E-state index in [1.165, 1.54) is 4.57 Å². The third-order valence-electron chi connectivity index (χ3n) is 3.89. The molecule has 4 rings (SSSR count). The lowest BCUT2D eigenvalue weighted by Crippen LogP contribution is -2.31. The average Bonchev–Trinajstić information content (AvgIpc) is 3.08. The maximum absolute atomic E-state index is 12.5. The SMILES string of the molecule is Nc1ncc2c(n1)CN(C(=O)Cn1c(=O)oc3ccccc31)C2. The molecule has 3 heterocycles. The fourth-order valence-electron chi connectivity index (χ4n) is 2.74. The van der Waals surface area contributed by atoms with Gasteiger partial charge in [0.15, 0.2) is 5.58 Å². The summed E-state index contributed by atoms with van der Waals surface area (Å²) in [7, 11) is 0. The van der Waals surface area contributed by atoms with Crippen molar-refractivity contribution in [1.29, 1.82) is 0 Å². The van der Waals surface area contributed by atoms with E-state index in [1.54, 1.807) is 35.4 Å². The molecule has 3 aromatic rings. The molecule has 2 N–H and O–H groups in total. The number of carbonyl (C=O) groups is 1. The summed E-state index contributed by atoms with van der Waals surface area (Å²) in [6, 6.07) is 7.01. The van der Waals surface area contributed by atoms with Gasteiger partial charge in [0, 0.05) is 18.3 Å². The molecule has 1 aliphatic rings. The molecule has 0 bridgehead atoms. The van der Waals surface area contributed by atoms with Gasteiger partial charge in [0.05, 0.1) is 17.8 Å². The van der Waals surface area contributed by atoms with Crippen molar-refractivity contribution < 1.29 is 9.21 Å². The van der Waals surface area contributed by atoms with Crippen molar-refractivity contribution in [3.8, 4) is 0 Å². The predicted molar refractivity (Wildman–Crippen MR) is 81.2 cm³/mol. The summed E-state index contributed by atoms with van der Waals surface area (Å²) in [5.41, 5.74) is 8.25. The smallest absolute Gasteiger partial charge is 0.408 e. The molecule has 116 valence electrons. The van der Waals surface area contributed by atoms with Gasteiger partial charge in [-0.15, -0.1) is 0 Å². The van der Waals surface area contributed by atoms with Gasteiger partial charge in [0.2, 0.25) is 11.9 Å². The van der Waals surface area contributed by atoms with Gasteiger partial charge >= 0.3 is 5.76 Å². The summed E-state index contributed by atoms with van der Waals surface area (Å²) in [6.07, 6.45) is 1.63. The lowest BCUT2D eigenvalue weighted by atomic mass is 10.3. The van der Waals surface area contributed by atoms with Crippen LogP contribution in [0.1, 0.15) is 11.3 Å². The number of rotatable bonds is 2. The van der Waals surface area contributed by atoms with E-state index in [9.17, 15) is 9.59 Å². The Balaban J connectivity index is 1.59. The molecule has 0 atom stereocenters. The Hall–Kier alpha value is -3.16. The van der Waals surface area contributed by atoms with E-state index >= 15 is 0 Å². The molecule has 0 saturated carbocycles. The highest BCUT2D eigenvalue weighted by Gasteiger charge is 2.26. The predicted octanol–water partition coefficient (Wildman–Crippen LogP) is 0.509. The molecule has 0 fully saturated rings. The van der Waals surface area contributed by atoms with Gasteiger partial charge in [0.25, 0.3) is 0 Å². The summed E-state index contributed by atoms with van der Waals surface area (Å²) in [4.78, 5) is 34.1. The second-order valence-corrected chi connectivity index (χ2v) is 5.37. The molecule has 0 aliphatic carbocycles. The fraction of sp³-hybridized carbons (Fsp3) is 0.200. The van der Waals surface area contributed by atoms with Crippen LogP contribution in [-0.2, 0) is 24.4 Å². The van der Waals surface area contributed by atoms with Crippen LogP contribution in [-0.4, -0.2) is 25.3 Å². The Morgan fingerprint density at radius 1 is 1.30 bits per heavy atom. The second kappa shape index (κ2) is 4.94. The third-order valence-corrected chi connectivity index (χ3v) is 3.89. The van der Waals surface area contributed by atoms with Crippen LogP contribution < -0.4 is 11.5 Å². The van der Waals surface area contributed by atoms with Crippen molar-refractivity contribution in [2.24, 2.45) is 0 Å². The second-order valence-electron chi connectivity index (χ2n) is 5.37. The minimum Gasteiger partial charge on any atom is -0.408 e. The first kappa shape index (κ1) is 13.5. The van der Waals surface area contributed by atoms with Crippen LogP contribution >= 0.6 is 0 Å². The molecule has 8 heteroatoms. The standard InChI is InChI=1S/C15H13N5O3/c16-14-17-5-9-6-19(7-10(9)18-14)13(21)8-20-11-3-1-2-4-12(11)23-15(20)22/h1-5H,6-8H2,(H2,16,17,18). The maximum atomic E-state index is 12.5. The first-order valence-electron chi connectivity index (χ1n) is 7.08. The molecular weight excluding hydrogens is 298 g/mol. The molecule has 1 aliphatic heterocycles. The number of carbonyl (C=O) groups excluding carboxylic acids is 1. The molecule has 2 aromatic heterocycles. The number of benzene rings is 1. The zero-order chi connectivity index (χ0) is 16.0. The largest absolute Gasteiger partial charge is 0.420 e. The van der Waals surface area contributed by atoms with Crippen molar-refractivity contribution in [3.05, 3.63) is 52.3 Å². The molecule has 0 radical (unpaired) electrons. The number of fused-ring (bicyclic) bond motifs is 2. The monoisotopic (exact) mass is 311 g/mol. The van der Waals surface area contributed by atoms with Gasteiger partial charge in [-0.1, -0.05) is 12.1 Å². The maximum Gasteiger partial charge on any atom is 0.420 e. The van der Waals surface area contributed by atoms with Gasteiger partial charge in [-0.3, -0.25) is 9.36 Å². The Morgan fingerprint density at radius 3 is 3.00 bits per heavy atom. The van der Waals surface area contributed by atoms with Crippen LogP contribution in [0, 0.1) is 0 Å². The zero-order valence-corrected chi connectivity index (χ0v) is 12.1. The van der Waals surface area contributed by atoms with Crippen molar-refractivity contribution >= 4 is 23.0 Å². The van der Waals surface area contributed by atoms with Crippen LogP contribution in [0.4, 0.5) is 5.95 Å². The Morgan fingerprint density at radius 2 is 2.13 bits per heavy atom. The average molecular weight is 311 g/mol. The highest BCUT2D eigenvalue weighted by Crippen LogP contribution is 2.21. The number of aromatic nitrogens is 3. The Kier molecular flexibility index (Phi) is 2.90. The topological polar surface area (TPSA) is 107 Å². The summed E-state index contributed by atoms with van der Waals surface area (Å²) in [6.45, 7) is 0.706. The lowest BCUT2D eigenvalue weighted by Gasteiger charge is -2.14. The van der Waals surface area contributed by atoms with E-state index in [0.717, 1.165) is 11.3 Å². The first-order valence-corrected chi connectivity index (χ1v) is 7.08. The van der Waals surface area contributed by atoms with E-state index in [1.807, 2.05) is 0 Å². The van der Waals surface area contributed by atoms with E-state index < -0.39 is 5.76 Å². The minimum absolute atomic E-state index is 0.0766. The van der Waals surface area contributed by atoms with Crippen molar-refractivity contribution in [2.75, 3.05) is 5.73 Å². The van der Waals surface area contributed by atoms with Crippen LogP contribution in [0.2, 0.25) is 0 Å². The molecule has 0 saturated heterocycles. The van der Waals surface area contributed by atoms with Gasteiger partial charge in [0.1, 0.15) is 6.54 Å². The van der Waals surface area contributed by atoms with E-state index in [-0.39, 0.29) is 18.4 Å². The summed E-state index contributed by atoms with van der Waals surface area (Å²) >= 11 is 0. The molecule has 1 aromatic carbocycles. The van der Waals surface area contributed by atoms with Crippen molar-refractivity contribution in [1.82, 2.24) is 19.4 Å². The highest BCUT2D eigenvalue weighted by molar-refractivity contribution is 5.80. The summed E-state index contributed by atoms with van der Waals surface area (Å²) in [5, 5.41) is 0. The number of nitrogen functional groups attached to an aromatic ring is 1. The van der Waals surface area contributed by atoms with Gasteiger partial charge in [-0.2, -0.15) is 0 Å². The fourth-order valence-corrected chi connectivity index (χ4v) is 2.74. The van der Waals surface area contributed by atoms with E-state index in [4.69, 9.17) is 10.2 Å².